The molecule has 28 heavy (non-hydrogen) atoms. The van der Waals surface area contributed by atoms with Gasteiger partial charge in [0.2, 0.25) is 5.03 Å². The van der Waals surface area contributed by atoms with Crippen molar-refractivity contribution in [1.29, 1.82) is 0 Å². The lowest BCUT2D eigenvalue weighted by Crippen LogP contribution is -2.38. The molecule has 1 aromatic heterocycles. The first-order valence-electron chi connectivity index (χ1n) is 8.43. The molecule has 1 saturated heterocycles. The van der Waals surface area contributed by atoms with Crippen LogP contribution in [0, 0.1) is 5.82 Å². The summed E-state index contributed by atoms with van der Waals surface area (Å²) in [6.07, 6.45) is 1.31. The Morgan fingerprint density at radius 1 is 1.29 bits per heavy atom. The monoisotopic (exact) mass is 429 g/mol. The van der Waals surface area contributed by atoms with Gasteiger partial charge in [0, 0.05) is 30.8 Å². The highest BCUT2D eigenvalue weighted by Crippen LogP contribution is 2.24. The van der Waals surface area contributed by atoms with Gasteiger partial charge < -0.3 is 9.47 Å². The van der Waals surface area contributed by atoms with Crippen molar-refractivity contribution in [3.63, 3.8) is 0 Å². The molecule has 0 amide bonds. The molecule has 2 heterocycles. The number of methoxy groups -OCH3 is 2. The number of esters is 1. The molecule has 8 nitrogen and oxygen atoms in total. The van der Waals surface area contributed by atoms with E-state index in [-0.39, 0.29) is 22.9 Å². The van der Waals surface area contributed by atoms with E-state index in [0.717, 1.165) is 0 Å². The minimum atomic E-state index is -3.94. The number of nitrogens with zero attached hydrogens (tertiary/aromatic N) is 3. The maximum Gasteiger partial charge on any atom is 0.342 e. The maximum atomic E-state index is 13.9. The second-order valence-electron chi connectivity index (χ2n) is 6.02. The van der Waals surface area contributed by atoms with E-state index >= 15 is 0 Å². The maximum absolute atomic E-state index is 13.9. The number of halogens is 1. The Bertz CT molecular complexity index is 971. The molecule has 152 valence electrons. The molecule has 0 atom stereocenters. The van der Waals surface area contributed by atoms with Gasteiger partial charge in [0.05, 0.1) is 20.8 Å². The number of benzene rings is 1. The molecule has 1 aromatic carbocycles. The largest absolute Gasteiger partial charge is 0.494 e. The van der Waals surface area contributed by atoms with E-state index in [9.17, 15) is 17.6 Å². The highest BCUT2D eigenvalue weighted by atomic mass is 32.2. The van der Waals surface area contributed by atoms with Crippen LogP contribution in [0.3, 0.4) is 0 Å². The van der Waals surface area contributed by atoms with Gasteiger partial charge in [-0.05, 0) is 17.7 Å². The van der Waals surface area contributed by atoms with E-state index < -0.39 is 21.8 Å². The lowest BCUT2D eigenvalue weighted by Gasteiger charge is -2.24. The summed E-state index contributed by atoms with van der Waals surface area (Å²) in [4.78, 5) is 12.1. The minimum Gasteiger partial charge on any atom is -0.494 e. The van der Waals surface area contributed by atoms with Crippen LogP contribution in [-0.2, 0) is 21.3 Å². The predicted molar refractivity (Wildman–Crippen MR) is 102 cm³/mol. The van der Waals surface area contributed by atoms with E-state index in [4.69, 9.17) is 9.47 Å². The van der Waals surface area contributed by atoms with Crippen LogP contribution in [0.25, 0.3) is 0 Å². The van der Waals surface area contributed by atoms with Crippen LogP contribution in [0.5, 0.6) is 5.75 Å². The standard InChI is InChI=1S/C17H20FN3O5S2/c1-25-15-4-3-12(9-14(15)18)10-20-11-13(17(22)26-2)16(19-20)28(23,24)21-5-7-27-8-6-21/h3-4,9,11H,5-8,10H2,1-2H3. The average Bonchev–Trinajstić information content (AvgIpc) is 3.13. The van der Waals surface area contributed by atoms with Gasteiger partial charge in [-0.2, -0.15) is 21.2 Å². The summed E-state index contributed by atoms with van der Waals surface area (Å²) >= 11 is 1.67. The number of thioether (sulfide) groups is 1. The molecule has 11 heteroatoms. The molecule has 1 aliphatic rings. The van der Waals surface area contributed by atoms with Crippen LogP contribution in [0.2, 0.25) is 0 Å². The van der Waals surface area contributed by atoms with Crippen LogP contribution < -0.4 is 4.74 Å². The summed E-state index contributed by atoms with van der Waals surface area (Å²) in [5, 5.41) is 3.77. The second kappa shape index (κ2) is 8.50. The average molecular weight is 429 g/mol. The van der Waals surface area contributed by atoms with Crippen molar-refractivity contribution < 1.29 is 27.1 Å². The van der Waals surface area contributed by atoms with Crippen LogP contribution >= 0.6 is 11.8 Å². The van der Waals surface area contributed by atoms with Gasteiger partial charge in [-0.25, -0.2) is 17.6 Å². The zero-order valence-electron chi connectivity index (χ0n) is 15.4. The normalized spacial score (nSPS) is 15.4. The molecule has 1 fully saturated rings. The quantitative estimate of drug-likeness (QED) is 0.644. The summed E-state index contributed by atoms with van der Waals surface area (Å²) in [6.45, 7) is 0.782. The van der Waals surface area contributed by atoms with E-state index in [1.807, 2.05) is 0 Å². The van der Waals surface area contributed by atoms with Gasteiger partial charge in [-0.3, -0.25) is 4.68 Å². The Morgan fingerprint density at radius 2 is 2.00 bits per heavy atom. The number of sulfonamides is 1. The van der Waals surface area contributed by atoms with E-state index in [2.05, 4.69) is 5.10 Å². The Labute approximate surface area is 166 Å². The van der Waals surface area contributed by atoms with Gasteiger partial charge in [-0.15, -0.1) is 0 Å². The van der Waals surface area contributed by atoms with Gasteiger partial charge in [0.1, 0.15) is 5.56 Å². The van der Waals surface area contributed by atoms with Crippen molar-refractivity contribution in [2.45, 2.75) is 11.6 Å². The summed E-state index contributed by atoms with van der Waals surface area (Å²) in [6, 6.07) is 4.38. The van der Waals surface area contributed by atoms with Gasteiger partial charge >= 0.3 is 5.97 Å². The van der Waals surface area contributed by atoms with Crippen molar-refractivity contribution in [3.8, 4) is 5.75 Å². The third-order valence-electron chi connectivity index (χ3n) is 4.25. The Kier molecular flexibility index (Phi) is 6.26. The highest BCUT2D eigenvalue weighted by Gasteiger charge is 2.34. The smallest absolute Gasteiger partial charge is 0.342 e. The third-order valence-corrected chi connectivity index (χ3v) is 7.03. The first kappa shape index (κ1) is 20.6. The van der Waals surface area contributed by atoms with Gasteiger partial charge in [-0.1, -0.05) is 6.07 Å². The number of hydrogen-bond acceptors (Lipinski definition) is 7. The predicted octanol–water partition coefficient (Wildman–Crippen LogP) is 1.60. The molecule has 0 spiro atoms. The van der Waals surface area contributed by atoms with Gasteiger partial charge in [0.15, 0.2) is 11.6 Å². The molecule has 0 N–H and O–H groups in total. The third kappa shape index (κ3) is 4.15. The van der Waals surface area contributed by atoms with E-state index in [1.54, 1.807) is 17.8 Å². The molecule has 0 radical (unpaired) electrons. The van der Waals surface area contributed by atoms with Crippen LogP contribution in [-0.4, -0.2) is 67.3 Å². The lowest BCUT2D eigenvalue weighted by molar-refractivity contribution is 0.0596. The number of hydrogen-bond donors (Lipinski definition) is 0. The zero-order chi connectivity index (χ0) is 20.3. The molecule has 1 aliphatic heterocycles. The molecule has 3 rings (SSSR count). The number of carbonyl (C=O) groups excluding carboxylic acids is 1. The summed E-state index contributed by atoms with van der Waals surface area (Å²) in [5.41, 5.74) is 0.394. The number of carbonyl (C=O) groups is 1. The van der Waals surface area contributed by atoms with Crippen LogP contribution in [0.4, 0.5) is 4.39 Å². The summed E-state index contributed by atoms with van der Waals surface area (Å²) in [5.74, 6) is 0.124. The molecule has 0 unspecified atom stereocenters. The van der Waals surface area contributed by atoms with Gasteiger partial charge in [0.25, 0.3) is 10.0 Å². The van der Waals surface area contributed by atoms with Crippen LogP contribution in [0.1, 0.15) is 15.9 Å². The number of rotatable bonds is 6. The van der Waals surface area contributed by atoms with Crippen molar-refractivity contribution >= 4 is 27.8 Å². The fraction of sp³-hybridized carbons (Fsp3) is 0.412. The lowest BCUT2D eigenvalue weighted by atomic mass is 10.2. The Morgan fingerprint density at radius 3 is 2.61 bits per heavy atom. The summed E-state index contributed by atoms with van der Waals surface area (Å²) in [7, 11) is -1.41. The van der Waals surface area contributed by atoms with Crippen molar-refractivity contribution in [3.05, 3.63) is 41.3 Å². The van der Waals surface area contributed by atoms with Crippen molar-refractivity contribution in [1.82, 2.24) is 14.1 Å². The molecule has 0 bridgehead atoms. The first-order chi connectivity index (χ1) is 13.4. The fourth-order valence-corrected chi connectivity index (χ4v) is 5.49. The van der Waals surface area contributed by atoms with E-state index in [0.29, 0.717) is 30.2 Å². The molecular weight excluding hydrogens is 409 g/mol. The number of ether oxygens (including phenoxy) is 2. The Hall–Kier alpha value is -2.11. The fourth-order valence-electron chi connectivity index (χ4n) is 2.83. The molecular formula is C17H20FN3O5S2. The zero-order valence-corrected chi connectivity index (χ0v) is 17.1. The van der Waals surface area contributed by atoms with Crippen LogP contribution in [0.15, 0.2) is 29.4 Å². The molecule has 0 saturated carbocycles. The first-order valence-corrected chi connectivity index (χ1v) is 11.0. The van der Waals surface area contributed by atoms with E-state index in [1.165, 1.54) is 41.5 Å². The molecule has 2 aromatic rings. The SMILES string of the molecule is COC(=O)c1cn(Cc2ccc(OC)c(F)c2)nc1S(=O)(=O)N1CCSCC1. The van der Waals surface area contributed by atoms with Crippen molar-refractivity contribution in [2.75, 3.05) is 38.8 Å². The Balaban J connectivity index is 1.96. The second-order valence-corrected chi connectivity index (χ2v) is 9.10. The minimum absolute atomic E-state index is 0.0796. The molecule has 0 aliphatic carbocycles. The van der Waals surface area contributed by atoms with Crippen molar-refractivity contribution in [2.24, 2.45) is 0 Å². The highest BCUT2D eigenvalue weighted by molar-refractivity contribution is 7.99. The number of aromatic nitrogens is 2. The summed E-state index contributed by atoms with van der Waals surface area (Å²) < 4.78 is 52.1. The topological polar surface area (TPSA) is 90.7 Å².